The number of carbonyl (C=O) groups is 1. The summed E-state index contributed by atoms with van der Waals surface area (Å²) in [4.78, 5) is 16.7. The second-order valence-electron chi connectivity index (χ2n) is 8.49. The van der Waals surface area contributed by atoms with Crippen molar-refractivity contribution in [2.45, 2.75) is 45.3 Å². The van der Waals surface area contributed by atoms with Crippen LogP contribution in [0.15, 0.2) is 42.5 Å². The molecule has 1 unspecified atom stereocenters. The average Bonchev–Trinajstić information content (AvgIpc) is 2.89. The fraction of sp³-hybridized carbons (Fsp3) is 0.458. The van der Waals surface area contributed by atoms with Crippen molar-refractivity contribution in [3.63, 3.8) is 0 Å². The third kappa shape index (κ3) is 4.51. The Hall–Kier alpha value is -2.24. The van der Waals surface area contributed by atoms with Gasteiger partial charge in [-0.2, -0.15) is 0 Å². The molecule has 2 aliphatic rings. The van der Waals surface area contributed by atoms with Crippen LogP contribution >= 0.6 is 0 Å². The standard InChI is InChI=1S/C24H29FN2O2/c1-18-4-5-20(19(2)14-18)15-26-12-3-10-24(11-13-26)17-27(23(28)16-29-24)22-8-6-21(25)7-9-22/h4-9,14H,3,10-13,15-17H2,1-2H3. The lowest BCUT2D eigenvalue weighted by Crippen LogP contribution is -2.55. The first-order valence-electron chi connectivity index (χ1n) is 10.4. The first-order chi connectivity index (χ1) is 13.9. The Balaban J connectivity index is 1.45. The lowest BCUT2D eigenvalue weighted by molar-refractivity contribution is -0.140. The number of halogens is 1. The Morgan fingerprint density at radius 1 is 1.07 bits per heavy atom. The van der Waals surface area contributed by atoms with Crippen LogP contribution in [0.4, 0.5) is 10.1 Å². The molecule has 2 saturated heterocycles. The van der Waals surface area contributed by atoms with E-state index in [1.54, 1.807) is 17.0 Å². The molecule has 2 aromatic rings. The zero-order valence-electron chi connectivity index (χ0n) is 17.3. The summed E-state index contributed by atoms with van der Waals surface area (Å²) in [6.45, 7) is 7.85. The molecule has 1 atom stereocenters. The zero-order chi connectivity index (χ0) is 20.4. The third-order valence-corrected chi connectivity index (χ3v) is 6.27. The highest BCUT2D eigenvalue weighted by molar-refractivity contribution is 5.95. The van der Waals surface area contributed by atoms with E-state index in [2.05, 4.69) is 36.9 Å². The van der Waals surface area contributed by atoms with Crippen molar-refractivity contribution >= 4 is 11.6 Å². The van der Waals surface area contributed by atoms with Crippen molar-refractivity contribution in [2.75, 3.05) is 31.1 Å². The number of likely N-dealkylation sites (tertiary alicyclic amines) is 1. The molecular weight excluding hydrogens is 367 g/mol. The monoisotopic (exact) mass is 396 g/mol. The van der Waals surface area contributed by atoms with Crippen LogP contribution < -0.4 is 4.90 Å². The second kappa shape index (κ2) is 8.25. The summed E-state index contributed by atoms with van der Waals surface area (Å²) < 4.78 is 19.4. The molecule has 154 valence electrons. The van der Waals surface area contributed by atoms with Gasteiger partial charge >= 0.3 is 0 Å². The van der Waals surface area contributed by atoms with E-state index >= 15 is 0 Å². The lowest BCUT2D eigenvalue weighted by Gasteiger charge is -2.42. The van der Waals surface area contributed by atoms with E-state index in [9.17, 15) is 9.18 Å². The molecule has 2 aromatic carbocycles. The lowest BCUT2D eigenvalue weighted by atomic mass is 9.92. The van der Waals surface area contributed by atoms with Gasteiger partial charge in [0, 0.05) is 18.8 Å². The molecule has 1 amide bonds. The molecule has 29 heavy (non-hydrogen) atoms. The van der Waals surface area contributed by atoms with Crippen LogP contribution in [0.3, 0.4) is 0 Å². The van der Waals surface area contributed by atoms with Crippen molar-refractivity contribution in [3.8, 4) is 0 Å². The Morgan fingerprint density at radius 3 is 2.62 bits per heavy atom. The van der Waals surface area contributed by atoms with E-state index in [0.29, 0.717) is 6.54 Å². The minimum atomic E-state index is -0.320. The Morgan fingerprint density at radius 2 is 1.86 bits per heavy atom. The fourth-order valence-corrected chi connectivity index (χ4v) is 4.52. The molecule has 1 spiro atoms. The molecular formula is C24H29FN2O2. The summed E-state index contributed by atoms with van der Waals surface area (Å²) in [5.74, 6) is -0.348. The second-order valence-corrected chi connectivity index (χ2v) is 8.49. The Labute approximate surface area is 172 Å². The van der Waals surface area contributed by atoms with Crippen molar-refractivity contribution < 1.29 is 13.9 Å². The maximum absolute atomic E-state index is 13.3. The van der Waals surface area contributed by atoms with Gasteiger partial charge in [0.05, 0.1) is 12.1 Å². The number of nitrogens with zero attached hydrogens (tertiary/aromatic N) is 2. The molecule has 2 heterocycles. The minimum Gasteiger partial charge on any atom is -0.363 e. The molecule has 4 nitrogen and oxygen atoms in total. The van der Waals surface area contributed by atoms with Crippen LogP contribution in [0, 0.1) is 19.7 Å². The van der Waals surface area contributed by atoms with E-state index in [4.69, 9.17) is 4.74 Å². The van der Waals surface area contributed by atoms with Gasteiger partial charge < -0.3 is 9.64 Å². The number of morpholine rings is 1. The molecule has 2 fully saturated rings. The van der Waals surface area contributed by atoms with Gasteiger partial charge in [0.15, 0.2) is 0 Å². The van der Waals surface area contributed by atoms with Gasteiger partial charge in [0.2, 0.25) is 0 Å². The number of benzene rings is 2. The summed E-state index contributed by atoms with van der Waals surface area (Å²) in [6, 6.07) is 12.8. The molecule has 0 radical (unpaired) electrons. The van der Waals surface area contributed by atoms with Crippen LogP contribution in [0.25, 0.3) is 0 Å². The highest BCUT2D eigenvalue weighted by Crippen LogP contribution is 2.33. The molecule has 0 saturated carbocycles. The van der Waals surface area contributed by atoms with Crippen LogP contribution in [0.1, 0.15) is 36.0 Å². The highest BCUT2D eigenvalue weighted by atomic mass is 19.1. The molecule has 4 rings (SSSR count). The van der Waals surface area contributed by atoms with Crippen molar-refractivity contribution in [1.29, 1.82) is 0 Å². The quantitative estimate of drug-likeness (QED) is 0.778. The Kier molecular flexibility index (Phi) is 5.70. The average molecular weight is 397 g/mol. The molecule has 0 bridgehead atoms. The van der Waals surface area contributed by atoms with Gasteiger partial charge in [-0.3, -0.25) is 9.69 Å². The van der Waals surface area contributed by atoms with Crippen LogP contribution in [-0.2, 0) is 16.1 Å². The van der Waals surface area contributed by atoms with Crippen LogP contribution in [0.5, 0.6) is 0 Å². The molecule has 0 aromatic heterocycles. The summed E-state index contributed by atoms with van der Waals surface area (Å²) in [7, 11) is 0. The number of rotatable bonds is 3. The highest BCUT2D eigenvalue weighted by Gasteiger charge is 2.41. The van der Waals surface area contributed by atoms with Gasteiger partial charge in [-0.05, 0) is 75.0 Å². The van der Waals surface area contributed by atoms with E-state index in [1.165, 1.54) is 28.8 Å². The summed E-state index contributed by atoms with van der Waals surface area (Å²) in [5.41, 5.74) is 4.43. The summed E-state index contributed by atoms with van der Waals surface area (Å²) >= 11 is 0. The van der Waals surface area contributed by atoms with Gasteiger partial charge in [-0.25, -0.2) is 4.39 Å². The summed E-state index contributed by atoms with van der Waals surface area (Å²) in [5, 5.41) is 0. The smallest absolute Gasteiger partial charge is 0.253 e. The molecule has 0 N–H and O–H groups in total. The van der Waals surface area contributed by atoms with Gasteiger partial charge in [0.1, 0.15) is 12.4 Å². The Bertz CT molecular complexity index is 883. The van der Waals surface area contributed by atoms with E-state index in [-0.39, 0.29) is 23.9 Å². The molecule has 2 aliphatic heterocycles. The predicted molar refractivity (Wildman–Crippen MR) is 112 cm³/mol. The molecule has 5 heteroatoms. The number of anilines is 1. The maximum Gasteiger partial charge on any atom is 0.253 e. The first-order valence-corrected chi connectivity index (χ1v) is 10.4. The SMILES string of the molecule is Cc1ccc(CN2CCCC3(CC2)CN(c2ccc(F)cc2)C(=O)CO3)c(C)c1. The predicted octanol–water partition coefficient (Wildman–Crippen LogP) is 4.23. The van der Waals surface area contributed by atoms with Crippen molar-refractivity contribution in [3.05, 3.63) is 65.0 Å². The van der Waals surface area contributed by atoms with Crippen molar-refractivity contribution in [1.82, 2.24) is 4.90 Å². The molecule has 0 aliphatic carbocycles. The van der Waals surface area contributed by atoms with Gasteiger partial charge in [0.25, 0.3) is 5.91 Å². The van der Waals surface area contributed by atoms with E-state index < -0.39 is 0 Å². The minimum absolute atomic E-state index is 0.0568. The number of carbonyl (C=O) groups excluding carboxylic acids is 1. The fourth-order valence-electron chi connectivity index (χ4n) is 4.52. The third-order valence-electron chi connectivity index (χ3n) is 6.27. The first kappa shape index (κ1) is 20.0. The van der Waals surface area contributed by atoms with Crippen molar-refractivity contribution in [2.24, 2.45) is 0 Å². The summed E-state index contributed by atoms with van der Waals surface area (Å²) in [6.07, 6.45) is 2.86. The largest absolute Gasteiger partial charge is 0.363 e. The van der Waals surface area contributed by atoms with Crippen LogP contribution in [0.2, 0.25) is 0 Å². The maximum atomic E-state index is 13.3. The number of aryl methyl sites for hydroxylation is 2. The number of ether oxygens (including phenoxy) is 1. The zero-order valence-corrected chi connectivity index (χ0v) is 17.3. The van der Waals surface area contributed by atoms with E-state index in [1.807, 2.05) is 0 Å². The van der Waals surface area contributed by atoms with Crippen LogP contribution in [-0.4, -0.2) is 42.6 Å². The van der Waals surface area contributed by atoms with Gasteiger partial charge in [-0.15, -0.1) is 0 Å². The normalized spacial score (nSPS) is 23.4. The number of hydrogen-bond donors (Lipinski definition) is 0. The van der Waals surface area contributed by atoms with E-state index in [0.717, 1.165) is 44.6 Å². The topological polar surface area (TPSA) is 32.8 Å². The number of hydrogen-bond acceptors (Lipinski definition) is 3. The number of amides is 1. The van der Waals surface area contributed by atoms with Gasteiger partial charge in [-0.1, -0.05) is 23.8 Å².